The molecule has 4 fully saturated rings. The Kier molecular flexibility index (Phi) is 3.04. The Bertz CT molecular complexity index is 490. The maximum Gasteiger partial charge on any atom is 0.216 e. The summed E-state index contributed by atoms with van der Waals surface area (Å²) in [5.41, 5.74) is -0.219. The average molecular weight is 286 g/mol. The molecule has 108 valence electrons. The molecular weight excluding hydrogens is 264 g/mol. The minimum atomic E-state index is -3.17. The fourth-order valence-corrected chi connectivity index (χ4v) is 4.90. The topological polar surface area (TPSA) is 57.7 Å². The highest BCUT2D eigenvalue weighted by Crippen LogP contribution is 2.40. The van der Waals surface area contributed by atoms with Crippen LogP contribution >= 0.6 is 0 Å². The molecule has 1 saturated carbocycles. The van der Waals surface area contributed by atoms with E-state index in [0.29, 0.717) is 6.54 Å². The van der Waals surface area contributed by atoms with Crippen molar-refractivity contribution >= 4 is 15.8 Å². The molecule has 0 spiro atoms. The number of likely N-dealkylation sites (N-methyl/N-ethyl adjacent to an activating group) is 1. The average Bonchev–Trinajstić information content (AvgIpc) is 3.19. The number of nitrogens with zero attached hydrogens (tertiary/aromatic N) is 2. The van der Waals surface area contributed by atoms with Gasteiger partial charge in [-0.05, 0) is 38.8 Å². The van der Waals surface area contributed by atoms with Gasteiger partial charge in [0, 0.05) is 19.0 Å². The van der Waals surface area contributed by atoms with Crippen molar-refractivity contribution in [1.29, 1.82) is 0 Å². The third-order valence-electron chi connectivity index (χ3n) is 5.05. The largest absolute Gasteiger partial charge is 0.297 e. The maximum absolute atomic E-state index is 12.5. The van der Waals surface area contributed by atoms with Gasteiger partial charge in [-0.3, -0.25) is 9.69 Å². The molecule has 4 aliphatic rings. The summed E-state index contributed by atoms with van der Waals surface area (Å²) in [5, 5.41) is -0.195. The Labute approximate surface area is 115 Å². The number of Topliss-reactive ketones (excluding diaryl/α,β-unsaturated/α-hetero) is 1. The fourth-order valence-electron chi connectivity index (χ4n) is 3.31. The van der Waals surface area contributed by atoms with Crippen molar-refractivity contribution in [2.24, 2.45) is 5.41 Å². The van der Waals surface area contributed by atoms with Crippen LogP contribution in [0.5, 0.6) is 0 Å². The Morgan fingerprint density at radius 2 is 1.89 bits per heavy atom. The smallest absolute Gasteiger partial charge is 0.216 e. The molecule has 0 N–H and O–H groups in total. The van der Waals surface area contributed by atoms with E-state index in [1.54, 1.807) is 7.05 Å². The second-order valence-corrected chi connectivity index (χ2v) is 8.82. The van der Waals surface area contributed by atoms with E-state index in [-0.39, 0.29) is 22.5 Å². The summed E-state index contributed by atoms with van der Waals surface area (Å²) in [6.07, 6.45) is 3.38. The van der Waals surface area contributed by atoms with Gasteiger partial charge in [0.2, 0.25) is 10.0 Å². The first-order valence-corrected chi connectivity index (χ1v) is 8.58. The Morgan fingerprint density at radius 1 is 1.32 bits per heavy atom. The summed E-state index contributed by atoms with van der Waals surface area (Å²) in [5.74, 6) is 0.239. The first-order valence-electron chi connectivity index (χ1n) is 7.08. The van der Waals surface area contributed by atoms with Crippen LogP contribution < -0.4 is 0 Å². The van der Waals surface area contributed by atoms with E-state index < -0.39 is 10.0 Å². The Morgan fingerprint density at radius 3 is 2.42 bits per heavy atom. The molecule has 5 nitrogen and oxygen atoms in total. The second-order valence-electron chi connectivity index (χ2n) is 6.50. The highest BCUT2D eigenvalue weighted by molar-refractivity contribution is 7.90. The predicted molar refractivity (Wildman–Crippen MR) is 72.3 cm³/mol. The van der Waals surface area contributed by atoms with Crippen LogP contribution in [0, 0.1) is 5.41 Å². The van der Waals surface area contributed by atoms with Crippen LogP contribution in [0.3, 0.4) is 0 Å². The van der Waals surface area contributed by atoms with Crippen LogP contribution in [0.4, 0.5) is 0 Å². The van der Waals surface area contributed by atoms with Gasteiger partial charge in [0.1, 0.15) is 0 Å². The van der Waals surface area contributed by atoms with E-state index in [0.717, 1.165) is 38.8 Å². The number of sulfonamides is 1. The van der Waals surface area contributed by atoms with E-state index in [2.05, 4.69) is 4.90 Å². The van der Waals surface area contributed by atoms with Gasteiger partial charge >= 0.3 is 0 Å². The molecule has 0 radical (unpaired) electrons. The molecule has 1 unspecified atom stereocenters. The predicted octanol–water partition coefficient (Wildman–Crippen LogP) is 0.464. The summed E-state index contributed by atoms with van der Waals surface area (Å²) < 4.78 is 25.7. The zero-order valence-corrected chi connectivity index (χ0v) is 12.4. The number of carbonyl (C=O) groups is 1. The van der Waals surface area contributed by atoms with E-state index >= 15 is 0 Å². The lowest BCUT2D eigenvalue weighted by Gasteiger charge is -2.50. The minimum absolute atomic E-state index is 0.195. The van der Waals surface area contributed by atoms with Gasteiger partial charge in [-0.2, -0.15) is 0 Å². The molecule has 3 aliphatic heterocycles. The van der Waals surface area contributed by atoms with Crippen molar-refractivity contribution in [3.8, 4) is 0 Å². The van der Waals surface area contributed by atoms with Crippen LogP contribution in [0.15, 0.2) is 0 Å². The summed E-state index contributed by atoms with van der Waals surface area (Å²) >= 11 is 0. The molecule has 0 aromatic heterocycles. The molecular formula is C13H22N2O3S. The van der Waals surface area contributed by atoms with Crippen LogP contribution in [0.2, 0.25) is 0 Å². The minimum Gasteiger partial charge on any atom is -0.297 e. The summed E-state index contributed by atoms with van der Waals surface area (Å²) in [7, 11) is -1.55. The first-order chi connectivity index (χ1) is 8.84. The zero-order valence-electron chi connectivity index (χ0n) is 11.6. The third kappa shape index (κ3) is 2.14. The van der Waals surface area contributed by atoms with E-state index in [1.165, 1.54) is 4.31 Å². The molecule has 1 aliphatic carbocycles. The lowest BCUT2D eigenvalue weighted by molar-refractivity contribution is -0.146. The zero-order chi connectivity index (χ0) is 13.8. The van der Waals surface area contributed by atoms with Crippen LogP contribution in [0.25, 0.3) is 0 Å². The first kappa shape index (κ1) is 13.5. The number of ketones is 1. The quantitative estimate of drug-likeness (QED) is 0.753. The van der Waals surface area contributed by atoms with Crippen LogP contribution in [-0.4, -0.2) is 61.4 Å². The molecule has 4 rings (SSSR count). The summed E-state index contributed by atoms with van der Waals surface area (Å²) in [6, 6.07) is -0.231. The van der Waals surface area contributed by atoms with Crippen LogP contribution in [-0.2, 0) is 14.8 Å². The Hall–Kier alpha value is -0.460. The molecule has 0 aromatic rings. The highest BCUT2D eigenvalue weighted by atomic mass is 32.2. The van der Waals surface area contributed by atoms with Gasteiger partial charge in [-0.1, -0.05) is 6.92 Å². The number of hydrogen-bond donors (Lipinski definition) is 0. The molecule has 19 heavy (non-hydrogen) atoms. The fraction of sp³-hybridized carbons (Fsp3) is 0.923. The molecule has 0 aromatic carbocycles. The molecule has 6 heteroatoms. The maximum atomic E-state index is 12.5. The third-order valence-corrected chi connectivity index (χ3v) is 7.38. The normalized spacial score (nSPS) is 39.0. The molecule has 2 bridgehead atoms. The van der Waals surface area contributed by atoms with Crippen LogP contribution in [0.1, 0.15) is 32.6 Å². The lowest BCUT2D eigenvalue weighted by Crippen LogP contribution is -2.63. The van der Waals surface area contributed by atoms with E-state index in [4.69, 9.17) is 0 Å². The molecule has 1 atom stereocenters. The van der Waals surface area contributed by atoms with Crippen molar-refractivity contribution in [3.05, 3.63) is 0 Å². The Balaban J connectivity index is 1.74. The summed E-state index contributed by atoms with van der Waals surface area (Å²) in [6.45, 7) is 4.20. The number of hydrogen-bond acceptors (Lipinski definition) is 4. The lowest BCUT2D eigenvalue weighted by atomic mass is 9.69. The van der Waals surface area contributed by atoms with Gasteiger partial charge in [-0.25, -0.2) is 12.7 Å². The number of rotatable bonds is 4. The molecule has 3 heterocycles. The van der Waals surface area contributed by atoms with Gasteiger partial charge in [0.25, 0.3) is 0 Å². The van der Waals surface area contributed by atoms with Gasteiger partial charge < -0.3 is 0 Å². The summed E-state index contributed by atoms with van der Waals surface area (Å²) in [4.78, 5) is 14.7. The van der Waals surface area contributed by atoms with Crippen molar-refractivity contribution < 1.29 is 13.2 Å². The number of fused-ring (bicyclic) bond motifs is 3. The van der Waals surface area contributed by atoms with Crippen molar-refractivity contribution in [1.82, 2.24) is 9.21 Å². The van der Waals surface area contributed by atoms with Crippen molar-refractivity contribution in [2.45, 2.75) is 43.9 Å². The van der Waals surface area contributed by atoms with Crippen molar-refractivity contribution in [3.63, 3.8) is 0 Å². The monoisotopic (exact) mass is 286 g/mol. The van der Waals surface area contributed by atoms with E-state index in [9.17, 15) is 13.2 Å². The van der Waals surface area contributed by atoms with E-state index in [1.807, 2.05) is 6.92 Å². The van der Waals surface area contributed by atoms with Gasteiger partial charge in [0.05, 0.1) is 11.3 Å². The second kappa shape index (κ2) is 4.27. The highest BCUT2D eigenvalue weighted by Gasteiger charge is 2.50. The number of piperidine rings is 3. The standard InChI is InChI=1S/C13H22N2O3S/c1-13-5-7-15(8-6-13)11(12(13)16)9-14(2)19(17,18)10-3-4-10/h10-11H,3-9H2,1-2H3. The SMILES string of the molecule is CN(CC1C(=O)C2(C)CCN1CC2)S(=O)(=O)C1CC1. The van der Waals surface area contributed by atoms with Gasteiger partial charge in [0.15, 0.2) is 5.78 Å². The molecule has 3 saturated heterocycles. The van der Waals surface area contributed by atoms with Crippen molar-refractivity contribution in [2.75, 3.05) is 26.7 Å². The molecule has 0 amide bonds. The number of carbonyl (C=O) groups excluding carboxylic acids is 1. The van der Waals surface area contributed by atoms with Gasteiger partial charge in [-0.15, -0.1) is 0 Å².